The number of benzene rings is 2. The number of rotatable bonds is 9. The Morgan fingerprint density at radius 3 is 2.45 bits per heavy atom. The average Bonchev–Trinajstić information content (AvgIpc) is 3.63. The third-order valence-electron chi connectivity index (χ3n) is 7.57. The molecule has 2 fully saturated rings. The monoisotopic (exact) mass is 454 g/mol. The first kappa shape index (κ1) is 23.6. The van der Waals surface area contributed by atoms with E-state index in [1.165, 1.54) is 18.1 Å². The molecule has 0 saturated heterocycles. The fourth-order valence-corrected chi connectivity index (χ4v) is 5.43. The van der Waals surface area contributed by atoms with Gasteiger partial charge in [0.25, 0.3) is 0 Å². The van der Waals surface area contributed by atoms with Crippen LogP contribution in [0.1, 0.15) is 74.0 Å². The van der Waals surface area contributed by atoms with Crippen molar-refractivity contribution < 1.29 is 23.8 Å². The van der Waals surface area contributed by atoms with Gasteiger partial charge in [0.05, 0.1) is 13.7 Å². The Hall–Kier alpha value is -2.56. The van der Waals surface area contributed by atoms with Gasteiger partial charge in [-0.15, -0.1) is 0 Å². The summed E-state index contributed by atoms with van der Waals surface area (Å²) in [6.07, 6.45) is 6.22. The first-order chi connectivity index (χ1) is 15.8. The molecule has 0 bridgehead atoms. The van der Waals surface area contributed by atoms with Crippen LogP contribution in [0.3, 0.4) is 0 Å². The van der Waals surface area contributed by atoms with E-state index in [9.17, 15) is 9.90 Å². The van der Waals surface area contributed by atoms with E-state index >= 15 is 4.39 Å². The van der Waals surface area contributed by atoms with Gasteiger partial charge in [-0.1, -0.05) is 18.2 Å². The second-order valence-corrected chi connectivity index (χ2v) is 10.0. The number of carboxylic acid groups (broad SMARTS) is 1. The number of carboxylic acids is 1. The molecule has 4 nitrogen and oxygen atoms in total. The highest BCUT2D eigenvalue weighted by Gasteiger charge is 2.50. The summed E-state index contributed by atoms with van der Waals surface area (Å²) in [6, 6.07) is 13.7. The normalized spacial score (nSPS) is 23.4. The molecule has 0 aliphatic heterocycles. The average molecular weight is 455 g/mol. The largest absolute Gasteiger partial charge is 0.497 e. The Balaban J connectivity index is 1.36. The van der Waals surface area contributed by atoms with E-state index in [0.29, 0.717) is 24.2 Å². The van der Waals surface area contributed by atoms with Gasteiger partial charge >= 0.3 is 5.97 Å². The molecule has 178 valence electrons. The van der Waals surface area contributed by atoms with E-state index < -0.39 is 17.6 Å². The van der Waals surface area contributed by atoms with Gasteiger partial charge in [-0.05, 0) is 111 Å². The number of alkyl halides is 1. The minimum atomic E-state index is -2.28. The SMILES string of the molecule is COc1ccc(C)c(C2CCC(COc3cccc(C(C4CC4)C(C)(F)C(=O)O)c3)CC2)c1. The third kappa shape index (κ3) is 5.34. The molecular formula is C28H35FO4. The fraction of sp³-hybridized carbons (Fsp3) is 0.536. The van der Waals surface area contributed by atoms with Gasteiger partial charge in [0.15, 0.2) is 0 Å². The lowest BCUT2D eigenvalue weighted by Crippen LogP contribution is -2.38. The van der Waals surface area contributed by atoms with Crippen molar-refractivity contribution in [3.8, 4) is 11.5 Å². The van der Waals surface area contributed by atoms with Gasteiger partial charge < -0.3 is 14.6 Å². The highest BCUT2D eigenvalue weighted by Crippen LogP contribution is 2.50. The molecule has 0 spiro atoms. The van der Waals surface area contributed by atoms with Gasteiger partial charge in [-0.2, -0.15) is 0 Å². The lowest BCUT2D eigenvalue weighted by Gasteiger charge is -2.30. The molecule has 5 heteroatoms. The zero-order valence-electron chi connectivity index (χ0n) is 19.9. The molecule has 0 aromatic heterocycles. The quantitative estimate of drug-likeness (QED) is 0.460. The Kier molecular flexibility index (Phi) is 6.96. The minimum Gasteiger partial charge on any atom is -0.497 e. The predicted octanol–water partition coefficient (Wildman–Crippen LogP) is 6.66. The Bertz CT molecular complexity index is 974. The number of aryl methyl sites for hydroxylation is 1. The highest BCUT2D eigenvalue weighted by atomic mass is 19.1. The van der Waals surface area contributed by atoms with Crippen molar-refractivity contribution in [1.82, 2.24) is 0 Å². The molecular weight excluding hydrogens is 419 g/mol. The number of methoxy groups -OCH3 is 1. The van der Waals surface area contributed by atoms with Crippen molar-refractivity contribution >= 4 is 5.97 Å². The van der Waals surface area contributed by atoms with E-state index in [1.54, 1.807) is 7.11 Å². The van der Waals surface area contributed by atoms with Crippen LogP contribution in [0.5, 0.6) is 11.5 Å². The smallest absolute Gasteiger partial charge is 0.341 e. The fourth-order valence-electron chi connectivity index (χ4n) is 5.43. The molecule has 2 aromatic rings. The number of carbonyl (C=O) groups is 1. The Labute approximate surface area is 196 Å². The lowest BCUT2D eigenvalue weighted by molar-refractivity contribution is -0.151. The van der Waals surface area contributed by atoms with Crippen molar-refractivity contribution in [1.29, 1.82) is 0 Å². The highest BCUT2D eigenvalue weighted by molar-refractivity contribution is 5.78. The zero-order chi connectivity index (χ0) is 23.6. The van der Waals surface area contributed by atoms with Crippen molar-refractivity contribution in [3.63, 3.8) is 0 Å². The van der Waals surface area contributed by atoms with Crippen molar-refractivity contribution in [2.45, 2.75) is 69.9 Å². The van der Waals surface area contributed by atoms with Gasteiger partial charge in [0.1, 0.15) is 11.5 Å². The van der Waals surface area contributed by atoms with Crippen LogP contribution in [0, 0.1) is 18.8 Å². The number of ether oxygens (including phenoxy) is 2. The number of aliphatic carboxylic acids is 1. The van der Waals surface area contributed by atoms with Crippen LogP contribution in [0.25, 0.3) is 0 Å². The maximum absolute atomic E-state index is 15.1. The summed E-state index contributed by atoms with van der Waals surface area (Å²) < 4.78 is 26.6. The summed E-state index contributed by atoms with van der Waals surface area (Å²) in [5, 5.41) is 9.43. The molecule has 2 aliphatic rings. The Morgan fingerprint density at radius 2 is 1.82 bits per heavy atom. The summed E-state index contributed by atoms with van der Waals surface area (Å²) in [7, 11) is 1.71. The summed E-state index contributed by atoms with van der Waals surface area (Å²) in [6.45, 7) is 3.99. The molecule has 4 rings (SSSR count). The summed E-state index contributed by atoms with van der Waals surface area (Å²) in [5.74, 6) is 0.705. The van der Waals surface area contributed by atoms with Gasteiger partial charge in [-0.25, -0.2) is 9.18 Å². The maximum Gasteiger partial charge on any atom is 0.341 e. The van der Waals surface area contributed by atoms with E-state index in [-0.39, 0.29) is 5.92 Å². The van der Waals surface area contributed by atoms with Gasteiger partial charge in [0.2, 0.25) is 5.67 Å². The first-order valence-corrected chi connectivity index (χ1v) is 12.1. The van der Waals surface area contributed by atoms with Crippen molar-refractivity contribution in [2.75, 3.05) is 13.7 Å². The third-order valence-corrected chi connectivity index (χ3v) is 7.57. The Morgan fingerprint density at radius 1 is 1.09 bits per heavy atom. The molecule has 2 unspecified atom stereocenters. The molecule has 2 aromatic carbocycles. The second-order valence-electron chi connectivity index (χ2n) is 10.0. The summed E-state index contributed by atoms with van der Waals surface area (Å²) >= 11 is 0. The van der Waals surface area contributed by atoms with E-state index in [0.717, 1.165) is 49.8 Å². The second kappa shape index (κ2) is 9.74. The van der Waals surface area contributed by atoms with Crippen LogP contribution in [-0.2, 0) is 4.79 Å². The molecule has 1 N–H and O–H groups in total. The van der Waals surface area contributed by atoms with Crippen LogP contribution < -0.4 is 9.47 Å². The van der Waals surface area contributed by atoms with Gasteiger partial charge in [-0.3, -0.25) is 0 Å². The van der Waals surface area contributed by atoms with Crippen LogP contribution in [-0.4, -0.2) is 30.5 Å². The van der Waals surface area contributed by atoms with Crippen LogP contribution in [0.2, 0.25) is 0 Å². The first-order valence-electron chi connectivity index (χ1n) is 12.1. The van der Waals surface area contributed by atoms with Crippen molar-refractivity contribution in [3.05, 3.63) is 59.2 Å². The van der Waals surface area contributed by atoms with Crippen LogP contribution >= 0.6 is 0 Å². The van der Waals surface area contributed by atoms with Crippen LogP contribution in [0.4, 0.5) is 4.39 Å². The van der Waals surface area contributed by atoms with Crippen LogP contribution in [0.15, 0.2) is 42.5 Å². The zero-order valence-corrected chi connectivity index (χ0v) is 19.9. The summed E-state index contributed by atoms with van der Waals surface area (Å²) in [5.41, 5.74) is 1.15. The summed E-state index contributed by atoms with van der Waals surface area (Å²) in [4.78, 5) is 11.6. The molecule has 33 heavy (non-hydrogen) atoms. The maximum atomic E-state index is 15.1. The van der Waals surface area contributed by atoms with Crippen molar-refractivity contribution in [2.24, 2.45) is 11.8 Å². The molecule has 0 amide bonds. The number of halogens is 1. The van der Waals surface area contributed by atoms with E-state index in [1.807, 2.05) is 30.3 Å². The molecule has 0 radical (unpaired) electrons. The molecule has 2 atom stereocenters. The van der Waals surface area contributed by atoms with E-state index in [4.69, 9.17) is 9.47 Å². The molecule has 0 heterocycles. The standard InChI is InChI=1S/C28H35FO4/c1-18-7-14-23(32-3)16-25(18)20-10-8-19(9-11-20)17-33-24-6-4-5-22(15-24)26(21-12-13-21)28(2,29)27(30)31/h4-7,14-16,19-21,26H,8-13,17H2,1-3H3,(H,30,31). The van der Waals surface area contributed by atoms with E-state index in [2.05, 4.69) is 19.1 Å². The van der Waals surface area contributed by atoms with Gasteiger partial charge in [0, 0.05) is 5.92 Å². The molecule has 2 saturated carbocycles. The minimum absolute atomic E-state index is 0.0849. The molecule has 2 aliphatic carbocycles. The number of hydrogen-bond donors (Lipinski definition) is 1. The lowest BCUT2D eigenvalue weighted by atomic mass is 9.78. The topological polar surface area (TPSA) is 55.8 Å². The number of hydrogen-bond acceptors (Lipinski definition) is 3. The predicted molar refractivity (Wildman–Crippen MR) is 127 cm³/mol.